The summed E-state index contributed by atoms with van der Waals surface area (Å²) in [5.74, 6) is -0.261. The zero-order chi connectivity index (χ0) is 16.4. The standard InChI is InChI=1S/C17H22ClN3O2/c1-10-6-7-11(18)8-14(10)20-16(22)9-15-17(23)21-13-5-3-2-4-12(13)19-15/h6-8,12-13,15,19H,2-5,9H2,1H3,(H,20,22)(H,21,23)/t12-,13-,15+/m1/s1. The first-order valence-electron chi connectivity index (χ1n) is 8.15. The molecule has 2 fully saturated rings. The Morgan fingerprint density at radius 3 is 2.83 bits per heavy atom. The molecule has 5 nitrogen and oxygen atoms in total. The van der Waals surface area contributed by atoms with Gasteiger partial charge in [-0.15, -0.1) is 0 Å². The van der Waals surface area contributed by atoms with E-state index < -0.39 is 6.04 Å². The van der Waals surface area contributed by atoms with Crippen molar-refractivity contribution >= 4 is 29.1 Å². The van der Waals surface area contributed by atoms with Gasteiger partial charge in [0.25, 0.3) is 0 Å². The molecule has 1 aromatic rings. The molecule has 0 aromatic heterocycles. The Kier molecular flexibility index (Phi) is 4.87. The Balaban J connectivity index is 1.61. The lowest BCUT2D eigenvalue weighted by Crippen LogP contribution is -2.65. The molecule has 2 amide bonds. The lowest BCUT2D eigenvalue weighted by molar-refractivity contribution is -0.129. The molecule has 1 aromatic carbocycles. The van der Waals surface area contributed by atoms with Gasteiger partial charge in [-0.3, -0.25) is 9.59 Å². The summed E-state index contributed by atoms with van der Waals surface area (Å²) < 4.78 is 0. The summed E-state index contributed by atoms with van der Waals surface area (Å²) in [6.45, 7) is 1.91. The van der Waals surface area contributed by atoms with Crippen LogP contribution in [0, 0.1) is 6.92 Å². The minimum Gasteiger partial charge on any atom is -0.350 e. The summed E-state index contributed by atoms with van der Waals surface area (Å²) in [7, 11) is 0. The van der Waals surface area contributed by atoms with Crippen molar-refractivity contribution in [1.82, 2.24) is 10.6 Å². The van der Waals surface area contributed by atoms with Gasteiger partial charge < -0.3 is 16.0 Å². The molecule has 0 unspecified atom stereocenters. The summed E-state index contributed by atoms with van der Waals surface area (Å²) in [6, 6.07) is 5.40. The summed E-state index contributed by atoms with van der Waals surface area (Å²) in [4.78, 5) is 24.5. The molecule has 124 valence electrons. The van der Waals surface area contributed by atoms with E-state index in [1.165, 1.54) is 6.42 Å². The van der Waals surface area contributed by atoms with Crippen molar-refractivity contribution in [2.24, 2.45) is 0 Å². The van der Waals surface area contributed by atoms with Crippen molar-refractivity contribution in [3.8, 4) is 0 Å². The number of carbonyl (C=O) groups is 2. The highest BCUT2D eigenvalue weighted by Gasteiger charge is 2.36. The second kappa shape index (κ2) is 6.89. The van der Waals surface area contributed by atoms with Crippen molar-refractivity contribution in [2.75, 3.05) is 5.32 Å². The molecule has 0 bridgehead atoms. The average Bonchev–Trinajstić information content (AvgIpc) is 2.51. The maximum atomic E-state index is 12.3. The smallest absolute Gasteiger partial charge is 0.237 e. The second-order valence-corrected chi connectivity index (χ2v) is 6.87. The van der Waals surface area contributed by atoms with Crippen LogP contribution >= 0.6 is 11.6 Å². The number of nitrogens with one attached hydrogen (secondary N) is 3. The van der Waals surface area contributed by atoms with Gasteiger partial charge in [-0.25, -0.2) is 0 Å². The number of piperazine rings is 1. The predicted octanol–water partition coefficient (Wildman–Crippen LogP) is 2.38. The first-order chi connectivity index (χ1) is 11.0. The van der Waals surface area contributed by atoms with Crippen molar-refractivity contribution in [2.45, 2.75) is 57.2 Å². The lowest BCUT2D eigenvalue weighted by Gasteiger charge is -2.40. The zero-order valence-electron chi connectivity index (χ0n) is 13.2. The number of aryl methyl sites for hydroxylation is 1. The highest BCUT2D eigenvalue weighted by Crippen LogP contribution is 2.23. The summed E-state index contributed by atoms with van der Waals surface area (Å²) in [5.41, 5.74) is 1.63. The lowest BCUT2D eigenvalue weighted by atomic mass is 9.87. The van der Waals surface area contributed by atoms with Gasteiger partial charge in [-0.2, -0.15) is 0 Å². The number of halogens is 1. The minimum atomic E-state index is -0.464. The normalized spacial score (nSPS) is 27.0. The summed E-state index contributed by atoms with van der Waals surface area (Å²) >= 11 is 5.96. The Morgan fingerprint density at radius 2 is 2.04 bits per heavy atom. The van der Waals surface area contributed by atoms with E-state index in [1.54, 1.807) is 12.1 Å². The van der Waals surface area contributed by atoms with Crippen LogP contribution in [0.25, 0.3) is 0 Å². The number of carbonyl (C=O) groups excluding carboxylic acids is 2. The number of hydrogen-bond donors (Lipinski definition) is 3. The molecular formula is C17H22ClN3O2. The van der Waals surface area contributed by atoms with Crippen LogP contribution in [-0.2, 0) is 9.59 Å². The van der Waals surface area contributed by atoms with Crippen molar-refractivity contribution < 1.29 is 9.59 Å². The predicted molar refractivity (Wildman–Crippen MR) is 90.5 cm³/mol. The molecule has 3 rings (SSSR count). The van der Waals surface area contributed by atoms with Crippen LogP contribution in [-0.4, -0.2) is 29.9 Å². The van der Waals surface area contributed by atoms with Gasteiger partial charge in [0.05, 0.1) is 12.5 Å². The van der Waals surface area contributed by atoms with E-state index in [4.69, 9.17) is 11.6 Å². The number of hydrogen-bond acceptors (Lipinski definition) is 3. The molecule has 3 atom stereocenters. The van der Waals surface area contributed by atoms with Crippen LogP contribution in [0.1, 0.15) is 37.7 Å². The third kappa shape index (κ3) is 3.85. The van der Waals surface area contributed by atoms with E-state index >= 15 is 0 Å². The van der Waals surface area contributed by atoms with Crippen molar-refractivity contribution in [3.05, 3.63) is 28.8 Å². The fraction of sp³-hybridized carbons (Fsp3) is 0.529. The van der Waals surface area contributed by atoms with Crippen LogP contribution in [0.3, 0.4) is 0 Å². The van der Waals surface area contributed by atoms with E-state index in [0.717, 1.165) is 24.8 Å². The Bertz CT molecular complexity index is 620. The van der Waals surface area contributed by atoms with Gasteiger partial charge in [-0.1, -0.05) is 30.5 Å². The van der Waals surface area contributed by atoms with Crippen molar-refractivity contribution in [1.29, 1.82) is 0 Å². The Morgan fingerprint density at radius 1 is 1.30 bits per heavy atom. The van der Waals surface area contributed by atoms with Crippen LogP contribution in [0.5, 0.6) is 0 Å². The third-order valence-electron chi connectivity index (χ3n) is 4.69. The molecule has 0 radical (unpaired) electrons. The molecule has 1 heterocycles. The number of rotatable bonds is 3. The molecule has 2 aliphatic rings. The quantitative estimate of drug-likeness (QED) is 0.794. The van der Waals surface area contributed by atoms with E-state index in [2.05, 4.69) is 16.0 Å². The van der Waals surface area contributed by atoms with Gasteiger partial charge in [0.15, 0.2) is 0 Å². The van der Waals surface area contributed by atoms with Gasteiger partial charge in [-0.05, 0) is 37.5 Å². The fourth-order valence-corrected chi connectivity index (χ4v) is 3.56. The second-order valence-electron chi connectivity index (χ2n) is 6.44. The van der Waals surface area contributed by atoms with Crippen LogP contribution in [0.4, 0.5) is 5.69 Å². The molecule has 6 heteroatoms. The average molecular weight is 336 g/mol. The van der Waals surface area contributed by atoms with E-state index in [0.29, 0.717) is 10.7 Å². The van der Waals surface area contributed by atoms with E-state index in [-0.39, 0.29) is 30.3 Å². The monoisotopic (exact) mass is 335 g/mol. The van der Waals surface area contributed by atoms with Gasteiger partial charge in [0.1, 0.15) is 0 Å². The van der Waals surface area contributed by atoms with Crippen LogP contribution < -0.4 is 16.0 Å². The van der Waals surface area contributed by atoms with Crippen molar-refractivity contribution in [3.63, 3.8) is 0 Å². The zero-order valence-corrected chi connectivity index (χ0v) is 14.0. The SMILES string of the molecule is Cc1ccc(Cl)cc1NC(=O)C[C@@H]1N[C@@H]2CCCC[C@H]2NC1=O. The fourth-order valence-electron chi connectivity index (χ4n) is 3.39. The van der Waals surface area contributed by atoms with E-state index in [1.807, 2.05) is 13.0 Å². The maximum absolute atomic E-state index is 12.3. The molecule has 23 heavy (non-hydrogen) atoms. The molecule has 1 aliphatic carbocycles. The van der Waals surface area contributed by atoms with Gasteiger partial charge in [0.2, 0.25) is 11.8 Å². The molecule has 3 N–H and O–H groups in total. The Labute approximate surface area is 141 Å². The van der Waals surface area contributed by atoms with Gasteiger partial charge in [0, 0.05) is 22.8 Å². The summed E-state index contributed by atoms with van der Waals surface area (Å²) in [5, 5.41) is 9.83. The first-order valence-corrected chi connectivity index (χ1v) is 8.53. The van der Waals surface area contributed by atoms with E-state index in [9.17, 15) is 9.59 Å². The largest absolute Gasteiger partial charge is 0.350 e. The highest BCUT2D eigenvalue weighted by atomic mass is 35.5. The number of fused-ring (bicyclic) bond motifs is 1. The first kappa shape index (κ1) is 16.3. The maximum Gasteiger partial charge on any atom is 0.237 e. The van der Waals surface area contributed by atoms with Crippen LogP contribution in [0.2, 0.25) is 5.02 Å². The van der Waals surface area contributed by atoms with Gasteiger partial charge >= 0.3 is 0 Å². The molecule has 1 saturated carbocycles. The summed E-state index contributed by atoms with van der Waals surface area (Å²) in [6.07, 6.45) is 4.52. The third-order valence-corrected chi connectivity index (χ3v) is 4.92. The number of anilines is 1. The molecule has 0 spiro atoms. The molecule has 1 saturated heterocycles. The molecular weight excluding hydrogens is 314 g/mol. The van der Waals surface area contributed by atoms with Crippen LogP contribution in [0.15, 0.2) is 18.2 Å². The minimum absolute atomic E-state index is 0.0777. The topological polar surface area (TPSA) is 70.2 Å². The number of amides is 2. The highest BCUT2D eigenvalue weighted by molar-refractivity contribution is 6.31. The number of benzene rings is 1. The molecule has 1 aliphatic heterocycles. The Hall–Kier alpha value is -1.59.